The van der Waals surface area contributed by atoms with Crippen molar-refractivity contribution in [3.63, 3.8) is 0 Å². The molecule has 0 radical (unpaired) electrons. The minimum absolute atomic E-state index is 0.0293. The van der Waals surface area contributed by atoms with Crippen LogP contribution in [0.4, 0.5) is 4.39 Å². The highest BCUT2D eigenvalue weighted by Crippen LogP contribution is 2.21. The van der Waals surface area contributed by atoms with Crippen molar-refractivity contribution in [1.82, 2.24) is 4.90 Å². The molecule has 0 bridgehead atoms. The van der Waals surface area contributed by atoms with Gasteiger partial charge in [-0.1, -0.05) is 23.7 Å². The summed E-state index contributed by atoms with van der Waals surface area (Å²) in [6.07, 6.45) is 0. The predicted octanol–water partition coefficient (Wildman–Crippen LogP) is 4.35. The van der Waals surface area contributed by atoms with Crippen LogP contribution in [0.3, 0.4) is 0 Å². The van der Waals surface area contributed by atoms with Crippen molar-refractivity contribution in [2.24, 2.45) is 0 Å². The van der Waals surface area contributed by atoms with Crippen molar-refractivity contribution in [1.29, 1.82) is 0 Å². The van der Waals surface area contributed by atoms with E-state index in [4.69, 9.17) is 11.6 Å². The maximum atomic E-state index is 12.9. The second-order valence-corrected chi connectivity index (χ2v) is 5.51. The second kappa shape index (κ2) is 6.83. The Morgan fingerprint density at radius 2 is 1.71 bits per heavy atom. The van der Waals surface area contributed by atoms with Crippen LogP contribution in [0, 0.1) is 5.82 Å². The van der Waals surface area contributed by atoms with Gasteiger partial charge in [-0.25, -0.2) is 4.39 Å². The fourth-order valence-corrected chi connectivity index (χ4v) is 2.21. The summed E-state index contributed by atoms with van der Waals surface area (Å²) >= 11 is 5.87. The van der Waals surface area contributed by atoms with Crippen LogP contribution in [0.1, 0.15) is 28.9 Å². The average molecular weight is 306 g/mol. The van der Waals surface area contributed by atoms with E-state index in [0.717, 1.165) is 5.56 Å². The van der Waals surface area contributed by atoms with Gasteiger partial charge in [-0.05, 0) is 55.9 Å². The van der Waals surface area contributed by atoms with E-state index in [9.17, 15) is 9.18 Å². The smallest absolute Gasteiger partial charge is 0.176 e. The van der Waals surface area contributed by atoms with Gasteiger partial charge in [-0.3, -0.25) is 9.69 Å². The molecule has 0 aliphatic heterocycles. The molecule has 0 spiro atoms. The summed E-state index contributed by atoms with van der Waals surface area (Å²) in [5, 5.41) is 0.691. The summed E-state index contributed by atoms with van der Waals surface area (Å²) in [5.41, 5.74) is 1.61. The molecule has 0 amide bonds. The third-order valence-electron chi connectivity index (χ3n) is 3.57. The number of halogens is 2. The molecule has 2 nitrogen and oxygen atoms in total. The normalized spacial score (nSPS) is 12.4. The van der Waals surface area contributed by atoms with Crippen LogP contribution in [0.2, 0.25) is 5.02 Å². The first-order valence-corrected chi connectivity index (χ1v) is 7.09. The van der Waals surface area contributed by atoms with Crippen molar-refractivity contribution >= 4 is 17.4 Å². The highest BCUT2D eigenvalue weighted by Gasteiger charge is 2.16. The van der Waals surface area contributed by atoms with Crippen LogP contribution in [-0.2, 0) is 0 Å². The zero-order valence-corrected chi connectivity index (χ0v) is 12.8. The number of ketones is 1. The van der Waals surface area contributed by atoms with E-state index in [2.05, 4.69) is 0 Å². The number of hydrogen-bond donors (Lipinski definition) is 0. The Balaban J connectivity index is 2.03. The highest BCUT2D eigenvalue weighted by molar-refractivity contribution is 6.30. The summed E-state index contributed by atoms with van der Waals surface area (Å²) in [6.45, 7) is 2.30. The van der Waals surface area contributed by atoms with Crippen LogP contribution >= 0.6 is 11.6 Å². The number of Topliss-reactive ketones (excluding diaryl/α,β-unsaturated/α-hetero) is 1. The third-order valence-corrected chi connectivity index (χ3v) is 3.82. The Hall–Kier alpha value is -1.71. The number of hydrogen-bond acceptors (Lipinski definition) is 2. The number of nitrogens with zero attached hydrogens (tertiary/aromatic N) is 1. The molecule has 110 valence electrons. The lowest BCUT2D eigenvalue weighted by molar-refractivity contribution is 0.0925. The van der Waals surface area contributed by atoms with Gasteiger partial charge >= 0.3 is 0 Å². The first-order valence-electron chi connectivity index (χ1n) is 6.72. The van der Waals surface area contributed by atoms with E-state index in [0.29, 0.717) is 10.6 Å². The summed E-state index contributed by atoms with van der Waals surface area (Å²) in [6, 6.07) is 13.3. The van der Waals surface area contributed by atoms with Crippen molar-refractivity contribution in [2.75, 3.05) is 13.6 Å². The summed E-state index contributed by atoms with van der Waals surface area (Å²) in [4.78, 5) is 14.1. The lowest BCUT2D eigenvalue weighted by atomic mass is 10.1. The van der Waals surface area contributed by atoms with Gasteiger partial charge in [-0.15, -0.1) is 0 Å². The topological polar surface area (TPSA) is 20.3 Å². The van der Waals surface area contributed by atoms with Gasteiger partial charge in [0.25, 0.3) is 0 Å². The number of rotatable bonds is 5. The summed E-state index contributed by atoms with van der Waals surface area (Å²) in [7, 11) is 1.89. The SMILES string of the molecule is CC(c1ccc(Cl)cc1)N(C)CC(=O)c1ccc(F)cc1. The predicted molar refractivity (Wildman–Crippen MR) is 83.2 cm³/mol. The van der Waals surface area contributed by atoms with E-state index in [1.165, 1.54) is 24.3 Å². The molecule has 1 atom stereocenters. The Morgan fingerprint density at radius 3 is 2.29 bits per heavy atom. The molecule has 0 saturated heterocycles. The van der Waals surface area contributed by atoms with Gasteiger partial charge in [0, 0.05) is 16.6 Å². The first kappa shape index (κ1) is 15.7. The molecule has 0 fully saturated rings. The lowest BCUT2D eigenvalue weighted by Gasteiger charge is -2.24. The zero-order valence-electron chi connectivity index (χ0n) is 12.0. The Labute approximate surface area is 129 Å². The van der Waals surface area contributed by atoms with Gasteiger partial charge in [0.2, 0.25) is 0 Å². The summed E-state index contributed by atoms with van der Waals surface area (Å²) in [5.74, 6) is -0.368. The molecule has 0 saturated carbocycles. The molecule has 0 aliphatic carbocycles. The Kier molecular flexibility index (Phi) is 5.10. The van der Waals surface area contributed by atoms with Crippen LogP contribution < -0.4 is 0 Å². The van der Waals surface area contributed by atoms with E-state index in [-0.39, 0.29) is 24.2 Å². The molecule has 0 aliphatic rings. The maximum absolute atomic E-state index is 12.9. The van der Waals surface area contributed by atoms with Gasteiger partial charge in [0.05, 0.1) is 6.54 Å². The van der Waals surface area contributed by atoms with Crippen molar-refractivity contribution in [2.45, 2.75) is 13.0 Å². The molecule has 0 N–H and O–H groups in total. The van der Waals surface area contributed by atoms with Crippen molar-refractivity contribution in [3.05, 3.63) is 70.5 Å². The molecule has 0 heterocycles. The molecule has 2 aromatic carbocycles. The van der Waals surface area contributed by atoms with Crippen molar-refractivity contribution < 1.29 is 9.18 Å². The molecular weight excluding hydrogens is 289 g/mol. The van der Waals surface area contributed by atoms with E-state index >= 15 is 0 Å². The van der Waals surface area contributed by atoms with Crippen LogP contribution in [-0.4, -0.2) is 24.3 Å². The zero-order chi connectivity index (χ0) is 15.4. The molecule has 4 heteroatoms. The van der Waals surface area contributed by atoms with Gasteiger partial charge in [0.1, 0.15) is 5.82 Å². The quantitative estimate of drug-likeness (QED) is 0.765. The second-order valence-electron chi connectivity index (χ2n) is 5.07. The Morgan fingerprint density at radius 1 is 1.14 bits per heavy atom. The fraction of sp³-hybridized carbons (Fsp3) is 0.235. The molecule has 0 aromatic heterocycles. The van der Waals surface area contributed by atoms with E-state index in [1.807, 2.05) is 43.1 Å². The maximum Gasteiger partial charge on any atom is 0.176 e. The first-order chi connectivity index (χ1) is 9.97. The van der Waals surface area contributed by atoms with Crippen LogP contribution in [0.15, 0.2) is 48.5 Å². The van der Waals surface area contributed by atoms with E-state index in [1.54, 1.807) is 0 Å². The molecule has 2 aromatic rings. The molecule has 2 rings (SSSR count). The fourth-order valence-electron chi connectivity index (χ4n) is 2.09. The number of benzene rings is 2. The standard InChI is InChI=1S/C17H17ClFNO/c1-12(13-3-7-15(18)8-4-13)20(2)11-17(21)14-5-9-16(19)10-6-14/h3-10,12H,11H2,1-2H3. The third kappa shape index (κ3) is 4.13. The van der Waals surface area contributed by atoms with Crippen LogP contribution in [0.25, 0.3) is 0 Å². The van der Waals surface area contributed by atoms with Gasteiger partial charge < -0.3 is 0 Å². The largest absolute Gasteiger partial charge is 0.293 e. The monoisotopic (exact) mass is 305 g/mol. The summed E-state index contributed by atoms with van der Waals surface area (Å²) < 4.78 is 12.9. The van der Waals surface area contributed by atoms with Gasteiger partial charge in [0.15, 0.2) is 5.78 Å². The number of carbonyl (C=O) groups is 1. The van der Waals surface area contributed by atoms with Gasteiger partial charge in [-0.2, -0.15) is 0 Å². The molecule has 21 heavy (non-hydrogen) atoms. The minimum atomic E-state index is -0.338. The lowest BCUT2D eigenvalue weighted by Crippen LogP contribution is -2.28. The van der Waals surface area contributed by atoms with Crippen molar-refractivity contribution in [3.8, 4) is 0 Å². The average Bonchev–Trinajstić information content (AvgIpc) is 2.47. The number of likely N-dealkylation sites (N-methyl/N-ethyl adjacent to an activating group) is 1. The molecule has 1 unspecified atom stereocenters. The Bertz CT molecular complexity index is 610. The molecular formula is C17H17ClFNO. The highest BCUT2D eigenvalue weighted by atomic mass is 35.5. The van der Waals surface area contributed by atoms with E-state index < -0.39 is 0 Å². The number of carbonyl (C=O) groups excluding carboxylic acids is 1. The minimum Gasteiger partial charge on any atom is -0.293 e. The van der Waals surface area contributed by atoms with Crippen LogP contribution in [0.5, 0.6) is 0 Å².